The molecular formula is C14H17NO2. The van der Waals surface area contributed by atoms with Gasteiger partial charge in [-0.15, -0.1) is 0 Å². The highest BCUT2D eigenvalue weighted by Crippen LogP contribution is 2.20. The maximum Gasteiger partial charge on any atom is 0.244 e. The number of amides is 1. The molecule has 1 aromatic carbocycles. The molecule has 1 N–H and O–H groups in total. The van der Waals surface area contributed by atoms with Gasteiger partial charge >= 0.3 is 0 Å². The van der Waals surface area contributed by atoms with Crippen LogP contribution in [0.3, 0.4) is 0 Å². The van der Waals surface area contributed by atoms with Crippen LogP contribution in [0.25, 0.3) is 6.08 Å². The highest BCUT2D eigenvalue weighted by atomic mass is 16.5. The molecule has 3 nitrogen and oxygen atoms in total. The number of para-hydroxylation sites is 1. The lowest BCUT2D eigenvalue weighted by molar-refractivity contribution is -0.116. The molecule has 17 heavy (non-hydrogen) atoms. The van der Waals surface area contributed by atoms with Crippen molar-refractivity contribution in [3.05, 3.63) is 35.9 Å². The Kier molecular flexibility index (Phi) is 3.81. The fourth-order valence-electron chi connectivity index (χ4n) is 1.55. The van der Waals surface area contributed by atoms with Gasteiger partial charge in [-0.25, -0.2) is 0 Å². The van der Waals surface area contributed by atoms with Crippen molar-refractivity contribution in [1.29, 1.82) is 0 Å². The van der Waals surface area contributed by atoms with Crippen LogP contribution in [0, 0.1) is 0 Å². The van der Waals surface area contributed by atoms with Crippen molar-refractivity contribution in [3.8, 4) is 5.75 Å². The van der Waals surface area contributed by atoms with Gasteiger partial charge in [-0.1, -0.05) is 18.2 Å². The first-order valence-corrected chi connectivity index (χ1v) is 6.00. The Labute approximate surface area is 101 Å². The number of carbonyl (C=O) groups excluding carboxylic acids is 1. The lowest BCUT2D eigenvalue weighted by Gasteiger charge is -2.06. The monoisotopic (exact) mass is 231 g/mol. The number of hydrogen-bond donors (Lipinski definition) is 1. The minimum Gasteiger partial charge on any atom is -0.493 e. The van der Waals surface area contributed by atoms with Gasteiger partial charge < -0.3 is 10.1 Å². The van der Waals surface area contributed by atoms with Crippen molar-refractivity contribution in [2.45, 2.75) is 25.8 Å². The fourth-order valence-corrected chi connectivity index (χ4v) is 1.55. The zero-order valence-corrected chi connectivity index (χ0v) is 9.98. The molecule has 1 aliphatic carbocycles. The quantitative estimate of drug-likeness (QED) is 0.790. The maximum absolute atomic E-state index is 11.5. The molecule has 0 saturated heterocycles. The minimum atomic E-state index is -0.0289. The summed E-state index contributed by atoms with van der Waals surface area (Å²) >= 11 is 0. The zero-order valence-electron chi connectivity index (χ0n) is 9.98. The summed E-state index contributed by atoms with van der Waals surface area (Å²) < 4.78 is 5.48. The highest BCUT2D eigenvalue weighted by Gasteiger charge is 2.21. The van der Waals surface area contributed by atoms with Crippen LogP contribution < -0.4 is 10.1 Å². The fraction of sp³-hybridized carbons (Fsp3) is 0.357. The van der Waals surface area contributed by atoms with Crippen molar-refractivity contribution in [2.24, 2.45) is 0 Å². The molecule has 0 bridgehead atoms. The van der Waals surface area contributed by atoms with Crippen molar-refractivity contribution < 1.29 is 9.53 Å². The van der Waals surface area contributed by atoms with Crippen molar-refractivity contribution in [1.82, 2.24) is 5.32 Å². The van der Waals surface area contributed by atoms with E-state index >= 15 is 0 Å². The van der Waals surface area contributed by atoms with Gasteiger partial charge in [0.15, 0.2) is 0 Å². The normalized spacial score (nSPS) is 14.9. The number of nitrogens with one attached hydrogen (secondary N) is 1. The van der Waals surface area contributed by atoms with Gasteiger partial charge in [0, 0.05) is 17.7 Å². The molecule has 1 fully saturated rings. The van der Waals surface area contributed by atoms with Crippen LogP contribution in [0.15, 0.2) is 30.3 Å². The first-order valence-electron chi connectivity index (χ1n) is 6.00. The minimum absolute atomic E-state index is 0.0289. The molecule has 0 radical (unpaired) electrons. The van der Waals surface area contributed by atoms with Gasteiger partial charge in [0.2, 0.25) is 5.91 Å². The summed E-state index contributed by atoms with van der Waals surface area (Å²) in [6.45, 7) is 2.57. The van der Waals surface area contributed by atoms with E-state index in [-0.39, 0.29) is 5.91 Å². The van der Waals surface area contributed by atoms with E-state index in [4.69, 9.17) is 4.74 Å². The van der Waals surface area contributed by atoms with Crippen LogP contribution in [0.1, 0.15) is 25.3 Å². The summed E-state index contributed by atoms with van der Waals surface area (Å²) in [5.74, 6) is 0.782. The van der Waals surface area contributed by atoms with Crippen molar-refractivity contribution >= 4 is 12.0 Å². The summed E-state index contributed by atoms with van der Waals surface area (Å²) in [6, 6.07) is 8.09. The maximum atomic E-state index is 11.5. The predicted molar refractivity (Wildman–Crippen MR) is 67.8 cm³/mol. The SMILES string of the molecule is CCOc1ccccc1/C=C\C(=O)NC1CC1. The second-order valence-electron chi connectivity index (χ2n) is 4.09. The number of benzene rings is 1. The summed E-state index contributed by atoms with van der Waals surface area (Å²) in [6.07, 6.45) is 5.57. The molecule has 0 spiro atoms. The molecule has 0 heterocycles. The second-order valence-corrected chi connectivity index (χ2v) is 4.09. The second kappa shape index (κ2) is 5.53. The average molecular weight is 231 g/mol. The van der Waals surface area contributed by atoms with Gasteiger partial charge in [-0.2, -0.15) is 0 Å². The van der Waals surface area contributed by atoms with E-state index in [1.165, 1.54) is 0 Å². The number of rotatable bonds is 5. The summed E-state index contributed by atoms with van der Waals surface area (Å²) in [5, 5.41) is 2.91. The lowest BCUT2D eigenvalue weighted by Crippen LogP contribution is -2.22. The molecular weight excluding hydrogens is 214 g/mol. The highest BCUT2D eigenvalue weighted by molar-refractivity contribution is 5.92. The molecule has 0 atom stereocenters. The largest absolute Gasteiger partial charge is 0.493 e. The number of carbonyl (C=O) groups is 1. The average Bonchev–Trinajstić information content (AvgIpc) is 3.12. The molecule has 1 aliphatic rings. The van der Waals surface area contributed by atoms with E-state index in [2.05, 4.69) is 5.32 Å². The molecule has 1 aromatic rings. The molecule has 0 aliphatic heterocycles. The van der Waals surface area contributed by atoms with Crippen LogP contribution in [0.5, 0.6) is 5.75 Å². The van der Waals surface area contributed by atoms with Crippen LogP contribution in [-0.2, 0) is 4.79 Å². The van der Waals surface area contributed by atoms with Gasteiger partial charge in [0.25, 0.3) is 0 Å². The van der Waals surface area contributed by atoms with Crippen molar-refractivity contribution in [3.63, 3.8) is 0 Å². The molecule has 3 heteroatoms. The van der Waals surface area contributed by atoms with Gasteiger partial charge in [-0.3, -0.25) is 4.79 Å². The van der Waals surface area contributed by atoms with Gasteiger partial charge in [0.1, 0.15) is 5.75 Å². The summed E-state index contributed by atoms with van der Waals surface area (Å²) in [5.41, 5.74) is 0.931. The molecule has 1 amide bonds. The molecule has 2 rings (SSSR count). The first-order chi connectivity index (χ1) is 8.29. The number of ether oxygens (including phenoxy) is 1. The van der Waals surface area contributed by atoms with E-state index < -0.39 is 0 Å². The summed E-state index contributed by atoms with van der Waals surface area (Å²) in [4.78, 5) is 11.5. The van der Waals surface area contributed by atoms with Crippen LogP contribution >= 0.6 is 0 Å². The van der Waals surface area contributed by atoms with Crippen LogP contribution in [0.2, 0.25) is 0 Å². The van der Waals surface area contributed by atoms with Crippen molar-refractivity contribution in [2.75, 3.05) is 6.61 Å². The molecule has 0 unspecified atom stereocenters. The van der Waals surface area contributed by atoms with E-state index in [0.29, 0.717) is 12.6 Å². The first kappa shape index (κ1) is 11.7. The third-order valence-corrected chi connectivity index (χ3v) is 2.56. The molecule has 0 aromatic heterocycles. The Morgan fingerprint density at radius 1 is 1.47 bits per heavy atom. The van der Waals surface area contributed by atoms with Crippen LogP contribution in [0.4, 0.5) is 0 Å². The lowest BCUT2D eigenvalue weighted by atomic mass is 10.2. The topological polar surface area (TPSA) is 38.3 Å². The molecule has 1 saturated carbocycles. The standard InChI is InChI=1S/C14H17NO2/c1-2-17-13-6-4-3-5-11(13)7-10-14(16)15-12-8-9-12/h3-7,10,12H,2,8-9H2,1H3,(H,15,16)/b10-7-. The predicted octanol–water partition coefficient (Wildman–Crippen LogP) is 2.38. The zero-order chi connectivity index (χ0) is 12.1. The molecule has 90 valence electrons. The summed E-state index contributed by atoms with van der Waals surface area (Å²) in [7, 11) is 0. The van der Waals surface area contributed by atoms with Crippen LogP contribution in [-0.4, -0.2) is 18.6 Å². The third kappa shape index (κ3) is 3.63. The number of hydrogen-bond acceptors (Lipinski definition) is 2. The smallest absolute Gasteiger partial charge is 0.244 e. The van der Waals surface area contributed by atoms with E-state index in [1.807, 2.05) is 31.2 Å². The van der Waals surface area contributed by atoms with E-state index in [0.717, 1.165) is 24.2 Å². The Bertz CT molecular complexity index is 422. The Hall–Kier alpha value is -1.77. The Morgan fingerprint density at radius 3 is 2.94 bits per heavy atom. The Balaban J connectivity index is 2.00. The van der Waals surface area contributed by atoms with E-state index in [1.54, 1.807) is 12.2 Å². The van der Waals surface area contributed by atoms with E-state index in [9.17, 15) is 4.79 Å². The van der Waals surface area contributed by atoms with Gasteiger partial charge in [0.05, 0.1) is 6.61 Å². The Morgan fingerprint density at radius 2 is 2.24 bits per heavy atom. The van der Waals surface area contributed by atoms with Gasteiger partial charge in [-0.05, 0) is 31.9 Å². The third-order valence-electron chi connectivity index (χ3n) is 2.56.